The summed E-state index contributed by atoms with van der Waals surface area (Å²) in [5.41, 5.74) is 1.08. The molecule has 1 aliphatic rings. The number of nitrogens with zero attached hydrogens (tertiary/aromatic N) is 3. The van der Waals surface area contributed by atoms with Crippen molar-refractivity contribution in [2.75, 3.05) is 52.5 Å². The molecule has 0 radical (unpaired) electrons. The maximum Gasteiger partial charge on any atom is 0.235 e. The average molecular weight is 371 g/mol. The SMILES string of the molecule is COc1cc(/C=C/c2nc(C#N)c(N3CCOCC3)o2)cc(OC)c1OC. The molecule has 142 valence electrons. The number of aromatic nitrogens is 1. The predicted molar refractivity (Wildman–Crippen MR) is 99.3 cm³/mol. The topological polar surface area (TPSA) is 90.0 Å². The molecule has 8 heteroatoms. The van der Waals surface area contributed by atoms with Crippen LogP contribution in [0, 0.1) is 11.3 Å². The van der Waals surface area contributed by atoms with Crippen molar-refractivity contribution in [3.8, 4) is 23.3 Å². The van der Waals surface area contributed by atoms with Crippen LogP contribution in [0.1, 0.15) is 17.1 Å². The first kappa shape index (κ1) is 18.6. The number of hydrogen-bond acceptors (Lipinski definition) is 8. The summed E-state index contributed by atoms with van der Waals surface area (Å²) in [6.45, 7) is 2.53. The molecule has 3 rings (SSSR count). The molecule has 0 spiro atoms. The minimum Gasteiger partial charge on any atom is -0.493 e. The second-order valence-electron chi connectivity index (χ2n) is 5.71. The minimum absolute atomic E-state index is 0.265. The molecule has 27 heavy (non-hydrogen) atoms. The van der Waals surface area contributed by atoms with Gasteiger partial charge >= 0.3 is 0 Å². The minimum atomic E-state index is 0.265. The number of ether oxygens (including phenoxy) is 4. The molecule has 1 saturated heterocycles. The molecule has 1 aromatic heterocycles. The van der Waals surface area contributed by atoms with Gasteiger partial charge in [0.05, 0.1) is 34.5 Å². The Morgan fingerprint density at radius 2 is 1.74 bits per heavy atom. The fourth-order valence-corrected chi connectivity index (χ4v) is 2.82. The van der Waals surface area contributed by atoms with E-state index in [1.54, 1.807) is 33.5 Å². The lowest BCUT2D eigenvalue weighted by atomic mass is 10.1. The van der Waals surface area contributed by atoms with Gasteiger partial charge in [-0.3, -0.25) is 0 Å². The van der Waals surface area contributed by atoms with E-state index in [9.17, 15) is 5.26 Å². The zero-order chi connectivity index (χ0) is 19.2. The highest BCUT2D eigenvalue weighted by atomic mass is 16.5. The zero-order valence-electron chi connectivity index (χ0n) is 15.5. The predicted octanol–water partition coefficient (Wildman–Crippen LogP) is 2.58. The molecule has 1 aromatic carbocycles. The van der Waals surface area contributed by atoms with E-state index >= 15 is 0 Å². The molecule has 0 unspecified atom stereocenters. The van der Waals surface area contributed by atoms with E-state index in [0.717, 1.165) is 5.56 Å². The van der Waals surface area contributed by atoms with Gasteiger partial charge in [0.1, 0.15) is 6.07 Å². The van der Waals surface area contributed by atoms with Crippen LogP contribution in [0.25, 0.3) is 12.2 Å². The highest BCUT2D eigenvalue weighted by Crippen LogP contribution is 2.38. The van der Waals surface area contributed by atoms with Crippen molar-refractivity contribution in [1.29, 1.82) is 5.26 Å². The lowest BCUT2D eigenvalue weighted by Crippen LogP contribution is -2.36. The van der Waals surface area contributed by atoms with Crippen molar-refractivity contribution in [2.45, 2.75) is 0 Å². The second-order valence-corrected chi connectivity index (χ2v) is 5.71. The number of benzene rings is 1. The van der Waals surface area contributed by atoms with Crippen molar-refractivity contribution in [3.63, 3.8) is 0 Å². The highest BCUT2D eigenvalue weighted by Gasteiger charge is 2.21. The number of methoxy groups -OCH3 is 3. The molecule has 0 amide bonds. The van der Waals surface area contributed by atoms with Crippen LogP contribution < -0.4 is 19.1 Å². The maximum atomic E-state index is 9.34. The van der Waals surface area contributed by atoms with E-state index in [4.69, 9.17) is 23.4 Å². The van der Waals surface area contributed by atoms with Crippen LogP contribution in [0.3, 0.4) is 0 Å². The van der Waals surface area contributed by atoms with E-state index < -0.39 is 0 Å². The summed E-state index contributed by atoms with van der Waals surface area (Å²) in [6.07, 6.45) is 3.51. The summed E-state index contributed by atoms with van der Waals surface area (Å²) < 4.78 is 27.1. The summed E-state index contributed by atoms with van der Waals surface area (Å²) in [5, 5.41) is 9.34. The van der Waals surface area contributed by atoms with Crippen LogP contribution in [0.4, 0.5) is 5.88 Å². The molecule has 0 N–H and O–H groups in total. The Morgan fingerprint density at radius 3 is 2.30 bits per heavy atom. The largest absolute Gasteiger partial charge is 0.493 e. The Hall–Kier alpha value is -3.18. The van der Waals surface area contributed by atoms with Gasteiger partial charge in [0.25, 0.3) is 0 Å². The normalized spacial score (nSPS) is 14.2. The number of nitriles is 1. The Kier molecular flexibility index (Phi) is 5.84. The van der Waals surface area contributed by atoms with Crippen LogP contribution in [0.15, 0.2) is 16.5 Å². The van der Waals surface area contributed by atoms with Gasteiger partial charge in [-0.2, -0.15) is 10.2 Å². The van der Waals surface area contributed by atoms with Crippen LogP contribution in [0.5, 0.6) is 17.2 Å². The van der Waals surface area contributed by atoms with Crippen LogP contribution >= 0.6 is 0 Å². The molecule has 0 aliphatic carbocycles. The van der Waals surface area contributed by atoms with Gasteiger partial charge in [0.2, 0.25) is 23.2 Å². The lowest BCUT2D eigenvalue weighted by molar-refractivity contribution is 0.120. The maximum absolute atomic E-state index is 9.34. The quantitative estimate of drug-likeness (QED) is 0.765. The van der Waals surface area contributed by atoms with Crippen LogP contribution in [-0.2, 0) is 4.74 Å². The first-order valence-corrected chi connectivity index (χ1v) is 8.41. The standard InChI is InChI=1S/C19H21N3O5/c1-23-15-10-13(11-16(24-2)18(15)25-3)4-5-17-21-14(12-20)19(27-17)22-6-8-26-9-7-22/h4-5,10-11H,6-9H2,1-3H3/b5-4+. The summed E-state index contributed by atoms with van der Waals surface area (Å²) in [4.78, 5) is 6.22. The van der Waals surface area contributed by atoms with Gasteiger partial charge in [-0.1, -0.05) is 0 Å². The molecule has 8 nitrogen and oxygen atoms in total. The first-order chi connectivity index (χ1) is 13.2. The number of hydrogen-bond donors (Lipinski definition) is 0. The van der Waals surface area contributed by atoms with Crippen LogP contribution in [0.2, 0.25) is 0 Å². The van der Waals surface area contributed by atoms with Gasteiger partial charge in [-0.25, -0.2) is 0 Å². The summed E-state index contributed by atoms with van der Waals surface area (Å²) in [5.74, 6) is 2.45. The van der Waals surface area contributed by atoms with E-state index in [-0.39, 0.29) is 5.69 Å². The average Bonchev–Trinajstić information content (AvgIpc) is 3.15. The number of rotatable bonds is 6. The van der Waals surface area contributed by atoms with E-state index in [2.05, 4.69) is 11.1 Å². The van der Waals surface area contributed by atoms with Gasteiger partial charge in [-0.05, 0) is 23.8 Å². The molecular weight excluding hydrogens is 350 g/mol. The fraction of sp³-hybridized carbons (Fsp3) is 0.368. The van der Waals surface area contributed by atoms with Gasteiger partial charge in [0, 0.05) is 19.2 Å². The summed E-state index contributed by atoms with van der Waals surface area (Å²) in [6, 6.07) is 5.71. The third-order valence-electron chi connectivity index (χ3n) is 4.14. The number of anilines is 1. The fourth-order valence-electron chi connectivity index (χ4n) is 2.82. The van der Waals surface area contributed by atoms with E-state index in [1.807, 2.05) is 17.0 Å². The third kappa shape index (κ3) is 3.99. The molecule has 0 saturated carbocycles. The second kappa shape index (κ2) is 8.47. The smallest absolute Gasteiger partial charge is 0.235 e. The van der Waals surface area contributed by atoms with Crippen molar-refractivity contribution in [2.24, 2.45) is 0 Å². The van der Waals surface area contributed by atoms with Gasteiger partial charge in [-0.15, -0.1) is 0 Å². The molecule has 1 fully saturated rings. The molecule has 2 heterocycles. The molecule has 0 atom stereocenters. The van der Waals surface area contributed by atoms with E-state index in [0.29, 0.717) is 55.3 Å². The first-order valence-electron chi connectivity index (χ1n) is 8.41. The molecule has 2 aromatic rings. The zero-order valence-corrected chi connectivity index (χ0v) is 15.5. The molecule has 0 bridgehead atoms. The number of oxazole rings is 1. The Morgan fingerprint density at radius 1 is 1.07 bits per heavy atom. The van der Waals surface area contributed by atoms with Crippen molar-refractivity contribution < 1.29 is 23.4 Å². The lowest BCUT2D eigenvalue weighted by Gasteiger charge is -2.25. The van der Waals surface area contributed by atoms with Crippen molar-refractivity contribution in [3.05, 3.63) is 29.3 Å². The Labute approximate surface area is 157 Å². The monoisotopic (exact) mass is 371 g/mol. The summed E-state index contributed by atoms with van der Waals surface area (Å²) in [7, 11) is 4.68. The number of morpholine rings is 1. The molecular formula is C19H21N3O5. The van der Waals surface area contributed by atoms with Gasteiger partial charge < -0.3 is 28.3 Å². The van der Waals surface area contributed by atoms with Crippen molar-refractivity contribution in [1.82, 2.24) is 4.98 Å². The third-order valence-corrected chi connectivity index (χ3v) is 4.14. The van der Waals surface area contributed by atoms with Crippen molar-refractivity contribution >= 4 is 18.0 Å². The van der Waals surface area contributed by atoms with Gasteiger partial charge in [0.15, 0.2) is 11.5 Å². The Bertz CT molecular complexity index is 838. The van der Waals surface area contributed by atoms with Crippen LogP contribution in [-0.4, -0.2) is 52.6 Å². The highest BCUT2D eigenvalue weighted by molar-refractivity contribution is 5.71. The molecule has 1 aliphatic heterocycles. The summed E-state index contributed by atoms with van der Waals surface area (Å²) >= 11 is 0. The van der Waals surface area contributed by atoms with E-state index in [1.165, 1.54) is 0 Å². The Balaban J connectivity index is 1.88.